The second-order valence-electron chi connectivity index (χ2n) is 3.42. The molecule has 0 aliphatic heterocycles. The van der Waals surface area contributed by atoms with Crippen LogP contribution in [-0.2, 0) is 6.54 Å². The summed E-state index contributed by atoms with van der Waals surface area (Å²) in [5, 5.41) is 3.09. The van der Waals surface area contributed by atoms with Gasteiger partial charge in [-0.05, 0) is 29.0 Å². The highest BCUT2D eigenvalue weighted by Gasteiger charge is 2.05. The van der Waals surface area contributed by atoms with Gasteiger partial charge in [0.25, 0.3) is 0 Å². The Hall–Kier alpha value is -1.46. The number of nitrogens with one attached hydrogen (secondary N) is 1. The smallest absolute Gasteiger partial charge is 0.321 e. The minimum absolute atomic E-state index is 0.344. The molecule has 0 aliphatic carbocycles. The molecule has 0 aliphatic rings. The van der Waals surface area contributed by atoms with Crippen molar-refractivity contribution in [1.82, 2.24) is 15.3 Å². The van der Waals surface area contributed by atoms with Gasteiger partial charge in [-0.3, -0.25) is 0 Å². The molecule has 1 aromatic carbocycles. The zero-order valence-corrected chi connectivity index (χ0v) is 10.9. The standard InChI is InChI=1S/C12H12BrN3O/c1-14-6-9-4-2-3-5-11(9)17-12-15-7-10(13)8-16-12/h2-5,7-8,14H,6H2,1H3. The SMILES string of the molecule is CNCc1ccccc1Oc1ncc(Br)cn1. The minimum atomic E-state index is 0.344. The molecule has 1 aromatic heterocycles. The maximum Gasteiger partial charge on any atom is 0.321 e. The lowest BCUT2D eigenvalue weighted by Crippen LogP contribution is -2.06. The van der Waals surface area contributed by atoms with Crippen molar-refractivity contribution in [2.75, 3.05) is 7.05 Å². The van der Waals surface area contributed by atoms with Crippen molar-refractivity contribution in [3.8, 4) is 11.8 Å². The Morgan fingerprint density at radius 2 is 1.94 bits per heavy atom. The molecule has 4 nitrogen and oxygen atoms in total. The van der Waals surface area contributed by atoms with E-state index in [-0.39, 0.29) is 0 Å². The number of rotatable bonds is 4. The number of aromatic nitrogens is 2. The van der Waals surface area contributed by atoms with Crippen molar-refractivity contribution in [2.24, 2.45) is 0 Å². The van der Waals surface area contributed by atoms with Crippen molar-refractivity contribution in [1.29, 1.82) is 0 Å². The third-order valence-electron chi connectivity index (χ3n) is 2.14. The summed E-state index contributed by atoms with van der Waals surface area (Å²) >= 11 is 3.28. The number of benzene rings is 1. The lowest BCUT2D eigenvalue weighted by Gasteiger charge is -2.08. The Labute approximate surface area is 108 Å². The van der Waals surface area contributed by atoms with E-state index in [0.717, 1.165) is 22.3 Å². The summed E-state index contributed by atoms with van der Waals surface area (Å²) < 4.78 is 6.46. The Kier molecular flexibility index (Phi) is 4.06. The van der Waals surface area contributed by atoms with Crippen LogP contribution < -0.4 is 10.1 Å². The molecule has 2 rings (SSSR count). The summed E-state index contributed by atoms with van der Waals surface area (Å²) in [4.78, 5) is 8.15. The predicted octanol–water partition coefficient (Wildman–Crippen LogP) is 2.75. The highest BCUT2D eigenvalue weighted by atomic mass is 79.9. The van der Waals surface area contributed by atoms with Crippen molar-refractivity contribution in [2.45, 2.75) is 6.54 Å². The number of halogens is 1. The van der Waals surface area contributed by atoms with Gasteiger partial charge < -0.3 is 10.1 Å². The van der Waals surface area contributed by atoms with E-state index in [1.165, 1.54) is 0 Å². The van der Waals surface area contributed by atoms with E-state index in [1.807, 2.05) is 31.3 Å². The maximum absolute atomic E-state index is 5.63. The highest BCUT2D eigenvalue weighted by molar-refractivity contribution is 9.10. The zero-order chi connectivity index (χ0) is 12.1. The van der Waals surface area contributed by atoms with E-state index >= 15 is 0 Å². The highest BCUT2D eigenvalue weighted by Crippen LogP contribution is 2.22. The van der Waals surface area contributed by atoms with E-state index in [2.05, 4.69) is 31.2 Å². The van der Waals surface area contributed by atoms with Crippen LogP contribution in [0.1, 0.15) is 5.56 Å². The molecule has 0 atom stereocenters. The summed E-state index contributed by atoms with van der Waals surface area (Å²) in [7, 11) is 1.90. The van der Waals surface area contributed by atoms with Gasteiger partial charge in [-0.15, -0.1) is 0 Å². The van der Waals surface area contributed by atoms with Crippen molar-refractivity contribution in [3.05, 3.63) is 46.7 Å². The number of para-hydroxylation sites is 1. The van der Waals surface area contributed by atoms with Crippen LogP contribution in [0.5, 0.6) is 11.8 Å². The number of nitrogens with zero attached hydrogens (tertiary/aromatic N) is 2. The van der Waals surface area contributed by atoms with Crippen LogP contribution in [0.25, 0.3) is 0 Å². The summed E-state index contributed by atoms with van der Waals surface area (Å²) in [6, 6.07) is 8.15. The van der Waals surface area contributed by atoms with Gasteiger partial charge in [0.2, 0.25) is 0 Å². The molecule has 2 aromatic rings. The van der Waals surface area contributed by atoms with Crippen LogP contribution in [0, 0.1) is 0 Å². The topological polar surface area (TPSA) is 47.0 Å². The Bertz CT molecular complexity index is 487. The average molecular weight is 294 g/mol. The summed E-state index contributed by atoms with van der Waals surface area (Å²) in [5.74, 6) is 0.768. The van der Waals surface area contributed by atoms with Gasteiger partial charge in [0, 0.05) is 24.5 Å². The van der Waals surface area contributed by atoms with Crippen molar-refractivity contribution >= 4 is 15.9 Å². The number of hydrogen-bond donors (Lipinski definition) is 1. The average Bonchev–Trinajstić information content (AvgIpc) is 2.35. The first-order valence-electron chi connectivity index (χ1n) is 5.17. The second kappa shape index (κ2) is 5.75. The fourth-order valence-corrected chi connectivity index (χ4v) is 1.60. The van der Waals surface area contributed by atoms with Gasteiger partial charge in [-0.2, -0.15) is 0 Å². The van der Waals surface area contributed by atoms with Crippen molar-refractivity contribution in [3.63, 3.8) is 0 Å². The summed E-state index contributed by atoms with van der Waals surface area (Å²) in [6.07, 6.45) is 3.31. The fourth-order valence-electron chi connectivity index (χ4n) is 1.39. The quantitative estimate of drug-likeness (QED) is 0.942. The third kappa shape index (κ3) is 3.25. The van der Waals surface area contributed by atoms with Crippen LogP contribution >= 0.6 is 15.9 Å². The van der Waals surface area contributed by atoms with E-state index < -0.39 is 0 Å². The predicted molar refractivity (Wildman–Crippen MR) is 69.0 cm³/mol. The lowest BCUT2D eigenvalue weighted by atomic mass is 10.2. The van der Waals surface area contributed by atoms with Crippen LogP contribution in [-0.4, -0.2) is 17.0 Å². The Balaban J connectivity index is 2.20. The second-order valence-corrected chi connectivity index (χ2v) is 4.34. The van der Waals surface area contributed by atoms with E-state index in [1.54, 1.807) is 12.4 Å². The molecule has 1 heterocycles. The van der Waals surface area contributed by atoms with Crippen LogP contribution in [0.15, 0.2) is 41.1 Å². The van der Waals surface area contributed by atoms with E-state index in [9.17, 15) is 0 Å². The molecular weight excluding hydrogens is 282 g/mol. The largest absolute Gasteiger partial charge is 0.424 e. The van der Waals surface area contributed by atoms with Gasteiger partial charge in [0.05, 0.1) is 4.47 Å². The first-order valence-corrected chi connectivity index (χ1v) is 5.97. The van der Waals surface area contributed by atoms with Gasteiger partial charge in [-0.25, -0.2) is 9.97 Å². The molecule has 0 unspecified atom stereocenters. The molecule has 0 saturated heterocycles. The summed E-state index contributed by atoms with van der Waals surface area (Å²) in [6.45, 7) is 0.743. The van der Waals surface area contributed by atoms with Gasteiger partial charge in [0.1, 0.15) is 5.75 Å². The first kappa shape index (κ1) is 12.0. The van der Waals surface area contributed by atoms with Crippen LogP contribution in [0.2, 0.25) is 0 Å². The minimum Gasteiger partial charge on any atom is -0.424 e. The fraction of sp³-hybridized carbons (Fsp3) is 0.167. The normalized spacial score (nSPS) is 10.2. The lowest BCUT2D eigenvalue weighted by molar-refractivity contribution is 0.435. The molecule has 5 heteroatoms. The summed E-state index contributed by atoms with van der Waals surface area (Å²) in [5.41, 5.74) is 1.07. The molecule has 0 saturated carbocycles. The van der Waals surface area contributed by atoms with Gasteiger partial charge in [-0.1, -0.05) is 18.2 Å². The van der Waals surface area contributed by atoms with E-state index in [4.69, 9.17) is 4.74 Å². The van der Waals surface area contributed by atoms with Gasteiger partial charge >= 0.3 is 6.01 Å². The van der Waals surface area contributed by atoms with Gasteiger partial charge in [0.15, 0.2) is 0 Å². The maximum atomic E-state index is 5.63. The molecule has 0 spiro atoms. The first-order chi connectivity index (χ1) is 8.29. The Morgan fingerprint density at radius 1 is 1.24 bits per heavy atom. The zero-order valence-electron chi connectivity index (χ0n) is 9.35. The molecule has 1 N–H and O–H groups in total. The molecule has 17 heavy (non-hydrogen) atoms. The third-order valence-corrected chi connectivity index (χ3v) is 2.55. The molecule has 0 bridgehead atoms. The van der Waals surface area contributed by atoms with Crippen LogP contribution in [0.3, 0.4) is 0 Å². The monoisotopic (exact) mass is 293 g/mol. The van der Waals surface area contributed by atoms with Crippen LogP contribution in [0.4, 0.5) is 0 Å². The van der Waals surface area contributed by atoms with E-state index in [0.29, 0.717) is 6.01 Å². The molecule has 0 fully saturated rings. The molecule has 0 radical (unpaired) electrons. The molecular formula is C12H12BrN3O. The number of ether oxygens (including phenoxy) is 1. The van der Waals surface area contributed by atoms with Crippen molar-refractivity contribution < 1.29 is 4.74 Å². The Morgan fingerprint density at radius 3 is 2.65 bits per heavy atom. The number of hydrogen-bond acceptors (Lipinski definition) is 4. The molecule has 88 valence electrons. The molecule has 0 amide bonds.